The second-order valence-corrected chi connectivity index (χ2v) is 3.06. The van der Waals surface area contributed by atoms with Crippen LogP contribution in [0, 0.1) is 0 Å². The Labute approximate surface area is 77.0 Å². The van der Waals surface area contributed by atoms with Gasteiger partial charge in [0.25, 0.3) is 0 Å². The highest BCUT2D eigenvalue weighted by Gasteiger charge is 2.22. The molecule has 4 heteroatoms. The highest BCUT2D eigenvalue weighted by atomic mass is 35.5. The monoisotopic (exact) mass is 192 g/mol. The first-order chi connectivity index (χ1) is 5.84. The number of ether oxygens (including phenoxy) is 2. The number of Topliss-reactive ketones (excluding diaryl/α,β-unsaturated/α-hetero) is 1. The molecule has 0 spiro atoms. The zero-order chi connectivity index (χ0) is 8.81. The summed E-state index contributed by atoms with van der Waals surface area (Å²) >= 11 is 5.45. The maximum Gasteiger partial charge on any atom is 0.217 e. The zero-order valence-corrected chi connectivity index (χ0v) is 7.68. The molecule has 1 aliphatic heterocycles. The molecule has 0 aromatic heterocycles. The van der Waals surface area contributed by atoms with Crippen molar-refractivity contribution < 1.29 is 14.3 Å². The first kappa shape index (κ1) is 9.96. The number of carbonyl (C=O) groups is 1. The predicted molar refractivity (Wildman–Crippen MR) is 45.3 cm³/mol. The molecule has 70 valence electrons. The maximum atomic E-state index is 11.1. The summed E-state index contributed by atoms with van der Waals surface area (Å²) in [5.74, 6) is 0.608. The lowest BCUT2D eigenvalue weighted by atomic mass is 10.2. The summed E-state index contributed by atoms with van der Waals surface area (Å²) in [7, 11) is 0. The lowest BCUT2D eigenvalue weighted by molar-refractivity contribution is -0.179. The summed E-state index contributed by atoms with van der Waals surface area (Å²) in [6.45, 7) is 1.12. The molecular weight excluding hydrogens is 180 g/mol. The van der Waals surface area contributed by atoms with Gasteiger partial charge >= 0.3 is 0 Å². The molecule has 0 radical (unpaired) electrons. The molecule has 0 bridgehead atoms. The van der Waals surface area contributed by atoms with Crippen molar-refractivity contribution in [2.24, 2.45) is 0 Å². The second kappa shape index (κ2) is 5.51. The molecule has 0 saturated carbocycles. The van der Waals surface area contributed by atoms with E-state index in [2.05, 4.69) is 0 Å². The van der Waals surface area contributed by atoms with Crippen molar-refractivity contribution in [3.05, 3.63) is 0 Å². The van der Waals surface area contributed by atoms with Crippen molar-refractivity contribution in [1.29, 1.82) is 0 Å². The summed E-state index contributed by atoms with van der Waals surface area (Å²) in [6.07, 6.45) is 1.52. The van der Waals surface area contributed by atoms with Crippen LogP contribution in [0.15, 0.2) is 0 Å². The number of carbonyl (C=O) groups excluding carboxylic acids is 1. The van der Waals surface area contributed by atoms with Crippen molar-refractivity contribution >= 4 is 17.4 Å². The molecule has 1 saturated heterocycles. The van der Waals surface area contributed by atoms with Crippen LogP contribution in [0.25, 0.3) is 0 Å². The number of rotatable bonds is 4. The third-order valence-electron chi connectivity index (χ3n) is 1.65. The maximum absolute atomic E-state index is 11.1. The Hall–Kier alpha value is -0.120. The minimum Gasteiger partial charge on any atom is -0.346 e. The quantitative estimate of drug-likeness (QED) is 0.498. The molecule has 3 nitrogen and oxygen atoms in total. The van der Waals surface area contributed by atoms with Gasteiger partial charge < -0.3 is 9.47 Å². The Morgan fingerprint density at radius 3 is 3.17 bits per heavy atom. The van der Waals surface area contributed by atoms with Crippen molar-refractivity contribution in [1.82, 2.24) is 0 Å². The van der Waals surface area contributed by atoms with E-state index in [0.717, 1.165) is 12.8 Å². The largest absolute Gasteiger partial charge is 0.346 e. The van der Waals surface area contributed by atoms with Gasteiger partial charge in [0.15, 0.2) is 5.78 Å². The van der Waals surface area contributed by atoms with Crippen LogP contribution in [-0.2, 0) is 14.3 Å². The van der Waals surface area contributed by atoms with E-state index in [1.54, 1.807) is 0 Å². The van der Waals surface area contributed by atoms with Gasteiger partial charge in [-0.15, -0.1) is 11.6 Å². The van der Waals surface area contributed by atoms with E-state index < -0.39 is 6.29 Å². The summed E-state index contributed by atoms with van der Waals surface area (Å²) in [4.78, 5) is 11.1. The first-order valence-electron chi connectivity index (χ1n) is 4.16. The van der Waals surface area contributed by atoms with E-state index in [0.29, 0.717) is 25.5 Å². The predicted octanol–water partition coefficient (Wildman–Crippen LogP) is 1.34. The Kier molecular flexibility index (Phi) is 4.58. The smallest absolute Gasteiger partial charge is 0.217 e. The fourth-order valence-electron chi connectivity index (χ4n) is 1.03. The minimum atomic E-state index is -0.623. The summed E-state index contributed by atoms with van der Waals surface area (Å²) < 4.78 is 10.3. The zero-order valence-electron chi connectivity index (χ0n) is 6.92. The molecule has 12 heavy (non-hydrogen) atoms. The Bertz CT molecular complexity index is 149. The Morgan fingerprint density at radius 2 is 2.50 bits per heavy atom. The van der Waals surface area contributed by atoms with E-state index in [-0.39, 0.29) is 5.78 Å². The highest BCUT2D eigenvalue weighted by molar-refractivity contribution is 6.17. The number of alkyl halides is 1. The van der Waals surface area contributed by atoms with E-state index in [1.807, 2.05) is 0 Å². The molecule has 1 fully saturated rings. The molecule has 1 heterocycles. The normalized spacial score (nSPS) is 24.4. The molecular formula is C8H13ClO3. The summed E-state index contributed by atoms with van der Waals surface area (Å²) in [5.41, 5.74) is 0. The highest BCUT2D eigenvalue weighted by Crippen LogP contribution is 2.10. The van der Waals surface area contributed by atoms with Crippen LogP contribution in [0.4, 0.5) is 0 Å². The van der Waals surface area contributed by atoms with Crippen LogP contribution in [0.2, 0.25) is 0 Å². The third kappa shape index (κ3) is 3.09. The Morgan fingerprint density at radius 1 is 1.67 bits per heavy atom. The number of halogens is 1. The van der Waals surface area contributed by atoms with Crippen LogP contribution in [0.1, 0.15) is 19.3 Å². The van der Waals surface area contributed by atoms with Crippen molar-refractivity contribution in [3.8, 4) is 0 Å². The fraction of sp³-hybridized carbons (Fsp3) is 0.875. The lowest BCUT2D eigenvalue weighted by Gasteiger charge is -2.21. The molecule has 1 unspecified atom stereocenters. The van der Waals surface area contributed by atoms with Crippen LogP contribution in [0.3, 0.4) is 0 Å². The molecule has 0 aromatic carbocycles. The van der Waals surface area contributed by atoms with Crippen LogP contribution in [-0.4, -0.2) is 31.2 Å². The number of hydrogen-bond acceptors (Lipinski definition) is 3. The second-order valence-electron chi connectivity index (χ2n) is 2.69. The molecule has 0 N–H and O–H groups in total. The average molecular weight is 193 g/mol. The summed E-state index contributed by atoms with van der Waals surface area (Å²) in [5, 5.41) is 0. The molecule has 0 amide bonds. The van der Waals surface area contributed by atoms with Gasteiger partial charge in [0.2, 0.25) is 6.29 Å². The van der Waals surface area contributed by atoms with E-state index in [4.69, 9.17) is 21.1 Å². The van der Waals surface area contributed by atoms with Crippen LogP contribution in [0.5, 0.6) is 0 Å². The fourth-order valence-corrected chi connectivity index (χ4v) is 1.14. The molecule has 1 rings (SSSR count). The average Bonchev–Trinajstić information content (AvgIpc) is 2.09. The topological polar surface area (TPSA) is 35.5 Å². The van der Waals surface area contributed by atoms with Gasteiger partial charge in [-0.3, -0.25) is 4.79 Å². The van der Waals surface area contributed by atoms with Crippen LogP contribution < -0.4 is 0 Å². The van der Waals surface area contributed by atoms with E-state index >= 15 is 0 Å². The lowest BCUT2D eigenvalue weighted by Crippen LogP contribution is -2.32. The molecule has 0 aromatic rings. The van der Waals surface area contributed by atoms with Crippen molar-refractivity contribution in [3.63, 3.8) is 0 Å². The van der Waals surface area contributed by atoms with E-state index in [9.17, 15) is 4.79 Å². The van der Waals surface area contributed by atoms with Gasteiger partial charge in [0.1, 0.15) is 0 Å². The van der Waals surface area contributed by atoms with E-state index in [1.165, 1.54) is 0 Å². The SMILES string of the molecule is O=C1CCCOC1OCCCCl. The van der Waals surface area contributed by atoms with Gasteiger partial charge in [-0.05, 0) is 12.8 Å². The van der Waals surface area contributed by atoms with Gasteiger partial charge in [-0.1, -0.05) is 0 Å². The third-order valence-corrected chi connectivity index (χ3v) is 1.91. The van der Waals surface area contributed by atoms with Gasteiger partial charge in [-0.25, -0.2) is 0 Å². The first-order valence-corrected chi connectivity index (χ1v) is 4.70. The molecule has 0 aliphatic carbocycles. The standard InChI is InChI=1S/C8H13ClO3/c9-4-2-6-12-8-7(10)3-1-5-11-8/h8H,1-6H2. The van der Waals surface area contributed by atoms with Gasteiger partial charge in [0.05, 0.1) is 13.2 Å². The molecule has 1 atom stereocenters. The number of ketones is 1. The van der Waals surface area contributed by atoms with Crippen molar-refractivity contribution in [2.45, 2.75) is 25.6 Å². The number of hydrogen-bond donors (Lipinski definition) is 0. The summed E-state index contributed by atoms with van der Waals surface area (Å²) in [6, 6.07) is 0. The van der Waals surface area contributed by atoms with Crippen LogP contribution >= 0.6 is 11.6 Å². The van der Waals surface area contributed by atoms with Gasteiger partial charge in [-0.2, -0.15) is 0 Å². The Balaban J connectivity index is 2.16. The van der Waals surface area contributed by atoms with Crippen molar-refractivity contribution in [2.75, 3.05) is 19.1 Å². The molecule has 1 aliphatic rings. The van der Waals surface area contributed by atoms with Gasteiger partial charge in [0, 0.05) is 12.3 Å². The minimum absolute atomic E-state index is 0.0517.